The van der Waals surface area contributed by atoms with E-state index in [4.69, 9.17) is 22.1 Å². The lowest BCUT2D eigenvalue weighted by atomic mass is 10.1. The predicted molar refractivity (Wildman–Crippen MR) is 80.0 cm³/mol. The van der Waals surface area contributed by atoms with E-state index in [1.165, 1.54) is 6.20 Å². The van der Waals surface area contributed by atoms with Crippen LogP contribution < -0.4 is 10.5 Å². The Hall–Kier alpha value is -1.79. The van der Waals surface area contributed by atoms with Crippen LogP contribution in [0.5, 0.6) is 5.75 Å². The van der Waals surface area contributed by atoms with Crippen molar-refractivity contribution in [3.63, 3.8) is 0 Å². The van der Waals surface area contributed by atoms with Crippen LogP contribution >= 0.6 is 11.6 Å². The van der Waals surface area contributed by atoms with Gasteiger partial charge in [-0.2, -0.15) is 5.10 Å². The fraction of sp³-hybridized carbons (Fsp3) is 0.385. The van der Waals surface area contributed by atoms with Crippen molar-refractivity contribution < 1.29 is 4.74 Å². The maximum atomic E-state index is 6.01. The number of nitrogens with zero attached hydrogens (tertiary/aromatic N) is 4. The lowest BCUT2D eigenvalue weighted by molar-refractivity contribution is 0.373. The highest BCUT2D eigenvalue weighted by Gasteiger charge is 2.17. The minimum atomic E-state index is 0.402. The second kappa shape index (κ2) is 6.11. The van der Waals surface area contributed by atoms with Crippen LogP contribution in [0.4, 0.5) is 5.82 Å². The first-order valence-electron chi connectivity index (χ1n) is 6.19. The Balaban J connectivity index is 2.47. The van der Waals surface area contributed by atoms with E-state index in [1.807, 2.05) is 18.8 Å². The maximum absolute atomic E-state index is 6.01. The molecule has 108 valence electrons. The van der Waals surface area contributed by atoms with Crippen molar-refractivity contribution in [3.05, 3.63) is 23.5 Å². The number of rotatable bonds is 5. The predicted octanol–water partition coefficient (Wildman–Crippen LogP) is 1.75. The molecule has 20 heavy (non-hydrogen) atoms. The van der Waals surface area contributed by atoms with Crippen LogP contribution in [0.3, 0.4) is 0 Å². The number of hydrogen-bond acceptors (Lipinski definition) is 5. The van der Waals surface area contributed by atoms with Gasteiger partial charge in [0.25, 0.3) is 0 Å². The van der Waals surface area contributed by atoms with E-state index in [9.17, 15) is 0 Å². The third-order valence-electron chi connectivity index (χ3n) is 2.93. The SMILES string of the molecule is COc1cnn(CCN(C)C)c1-c1cc(Cl)cnc1N. The number of anilines is 1. The molecular formula is C13H18ClN5O. The summed E-state index contributed by atoms with van der Waals surface area (Å²) in [5, 5.41) is 4.87. The molecule has 0 bridgehead atoms. The first kappa shape index (κ1) is 14.6. The van der Waals surface area contributed by atoms with E-state index in [1.54, 1.807) is 19.4 Å². The molecule has 0 aromatic carbocycles. The third kappa shape index (κ3) is 3.02. The van der Waals surface area contributed by atoms with Gasteiger partial charge in [0, 0.05) is 18.3 Å². The summed E-state index contributed by atoms with van der Waals surface area (Å²) in [6.45, 7) is 1.57. The van der Waals surface area contributed by atoms with Gasteiger partial charge in [0.2, 0.25) is 0 Å². The molecule has 2 heterocycles. The van der Waals surface area contributed by atoms with Crippen LogP contribution in [0.1, 0.15) is 0 Å². The summed E-state index contributed by atoms with van der Waals surface area (Å²) < 4.78 is 7.21. The number of nitrogen functional groups attached to an aromatic ring is 1. The van der Waals surface area contributed by atoms with Gasteiger partial charge < -0.3 is 15.4 Å². The van der Waals surface area contributed by atoms with E-state index in [2.05, 4.69) is 15.0 Å². The quantitative estimate of drug-likeness (QED) is 0.910. The van der Waals surface area contributed by atoms with Gasteiger partial charge in [0.05, 0.1) is 24.9 Å². The third-order valence-corrected chi connectivity index (χ3v) is 3.13. The van der Waals surface area contributed by atoms with Gasteiger partial charge in [-0.3, -0.25) is 4.68 Å². The lowest BCUT2D eigenvalue weighted by Crippen LogP contribution is -2.19. The van der Waals surface area contributed by atoms with Gasteiger partial charge in [0.15, 0.2) is 5.75 Å². The standard InChI is InChI=1S/C13H18ClN5O/c1-18(2)4-5-19-12(11(20-3)8-17-19)10-6-9(14)7-16-13(10)15/h6-8H,4-5H2,1-3H3,(H2,15,16). The number of halogens is 1. The molecule has 0 aliphatic heterocycles. The summed E-state index contributed by atoms with van der Waals surface area (Å²) in [5.74, 6) is 1.05. The van der Waals surface area contributed by atoms with Crippen molar-refractivity contribution in [2.75, 3.05) is 33.5 Å². The van der Waals surface area contributed by atoms with Crippen LogP contribution in [-0.2, 0) is 6.54 Å². The second-order valence-electron chi connectivity index (χ2n) is 4.67. The molecule has 7 heteroatoms. The first-order chi connectivity index (χ1) is 9.52. The minimum Gasteiger partial charge on any atom is -0.493 e. The second-order valence-corrected chi connectivity index (χ2v) is 5.11. The monoisotopic (exact) mass is 295 g/mol. The average molecular weight is 296 g/mol. The van der Waals surface area contributed by atoms with Crippen molar-refractivity contribution in [2.45, 2.75) is 6.54 Å². The van der Waals surface area contributed by atoms with Crippen molar-refractivity contribution in [2.24, 2.45) is 0 Å². The van der Waals surface area contributed by atoms with Gasteiger partial charge in [-0.15, -0.1) is 0 Å². The van der Waals surface area contributed by atoms with Crippen LogP contribution in [-0.4, -0.2) is 47.4 Å². The van der Waals surface area contributed by atoms with E-state index in [-0.39, 0.29) is 0 Å². The fourth-order valence-electron chi connectivity index (χ4n) is 1.89. The van der Waals surface area contributed by atoms with Gasteiger partial charge >= 0.3 is 0 Å². The molecule has 0 atom stereocenters. The van der Waals surface area contributed by atoms with E-state index in [0.717, 1.165) is 24.3 Å². The lowest BCUT2D eigenvalue weighted by Gasteiger charge is -2.13. The topological polar surface area (TPSA) is 69.2 Å². The molecule has 0 amide bonds. The number of nitrogens with two attached hydrogens (primary N) is 1. The number of ether oxygens (including phenoxy) is 1. The van der Waals surface area contributed by atoms with Crippen molar-refractivity contribution in [1.29, 1.82) is 0 Å². The molecule has 2 aromatic rings. The van der Waals surface area contributed by atoms with Crippen LogP contribution in [0.15, 0.2) is 18.5 Å². The summed E-state index contributed by atoms with van der Waals surface area (Å²) in [6, 6.07) is 1.77. The maximum Gasteiger partial charge on any atom is 0.164 e. The Morgan fingerprint density at radius 2 is 2.15 bits per heavy atom. The smallest absolute Gasteiger partial charge is 0.164 e. The summed E-state index contributed by atoms with van der Waals surface area (Å²) in [6.07, 6.45) is 3.19. The van der Waals surface area contributed by atoms with E-state index >= 15 is 0 Å². The van der Waals surface area contributed by atoms with Gasteiger partial charge in [-0.05, 0) is 20.2 Å². The molecule has 0 saturated carbocycles. The van der Waals surface area contributed by atoms with Crippen molar-refractivity contribution in [1.82, 2.24) is 19.7 Å². The van der Waals surface area contributed by atoms with Crippen LogP contribution in [0.2, 0.25) is 5.02 Å². The zero-order chi connectivity index (χ0) is 14.7. The van der Waals surface area contributed by atoms with Gasteiger partial charge in [0.1, 0.15) is 11.5 Å². The minimum absolute atomic E-state index is 0.402. The zero-order valence-corrected chi connectivity index (χ0v) is 12.6. The van der Waals surface area contributed by atoms with Crippen LogP contribution in [0.25, 0.3) is 11.3 Å². The summed E-state index contributed by atoms with van der Waals surface area (Å²) >= 11 is 6.01. The average Bonchev–Trinajstić information content (AvgIpc) is 2.82. The molecule has 0 saturated heterocycles. The molecule has 6 nitrogen and oxygen atoms in total. The molecule has 0 fully saturated rings. The van der Waals surface area contributed by atoms with Crippen molar-refractivity contribution in [3.8, 4) is 17.0 Å². The normalized spacial score (nSPS) is 11.1. The molecule has 2 rings (SSSR count). The highest BCUT2D eigenvalue weighted by atomic mass is 35.5. The van der Waals surface area contributed by atoms with Crippen LogP contribution in [0, 0.1) is 0 Å². The summed E-state index contributed by atoms with van der Waals surface area (Å²) in [5.41, 5.74) is 7.47. The van der Waals surface area contributed by atoms with E-state index in [0.29, 0.717) is 16.6 Å². The first-order valence-corrected chi connectivity index (χ1v) is 6.56. The fourth-order valence-corrected chi connectivity index (χ4v) is 2.05. The molecule has 2 aromatic heterocycles. The number of likely N-dealkylation sites (N-methyl/N-ethyl adjacent to an activating group) is 1. The summed E-state index contributed by atoms with van der Waals surface area (Å²) in [4.78, 5) is 6.17. The van der Waals surface area contributed by atoms with E-state index < -0.39 is 0 Å². The molecule has 0 radical (unpaired) electrons. The number of aromatic nitrogens is 3. The number of hydrogen-bond donors (Lipinski definition) is 1. The molecule has 0 spiro atoms. The Bertz CT molecular complexity index is 596. The molecule has 2 N–H and O–H groups in total. The highest BCUT2D eigenvalue weighted by Crippen LogP contribution is 2.34. The highest BCUT2D eigenvalue weighted by molar-refractivity contribution is 6.30. The Kier molecular flexibility index (Phi) is 4.46. The Morgan fingerprint density at radius 1 is 1.40 bits per heavy atom. The summed E-state index contributed by atoms with van der Waals surface area (Å²) in [7, 11) is 5.62. The molecule has 0 unspecified atom stereocenters. The van der Waals surface area contributed by atoms with Gasteiger partial charge in [-0.1, -0.05) is 11.6 Å². The molecule has 0 aliphatic rings. The van der Waals surface area contributed by atoms with Gasteiger partial charge in [-0.25, -0.2) is 4.98 Å². The zero-order valence-electron chi connectivity index (χ0n) is 11.8. The number of methoxy groups -OCH3 is 1. The Labute approximate surface area is 123 Å². The Morgan fingerprint density at radius 3 is 2.80 bits per heavy atom. The largest absolute Gasteiger partial charge is 0.493 e. The molecule has 0 aliphatic carbocycles. The molecular weight excluding hydrogens is 278 g/mol. The number of pyridine rings is 1. The van der Waals surface area contributed by atoms with Crippen molar-refractivity contribution >= 4 is 17.4 Å².